The Morgan fingerprint density at radius 3 is 2.75 bits per heavy atom. The molecule has 1 heterocycles. The predicted octanol–water partition coefficient (Wildman–Crippen LogP) is 6.49. The first-order valence-electron chi connectivity index (χ1n) is 11.3. The molecule has 36 heavy (non-hydrogen) atoms. The van der Waals surface area contributed by atoms with E-state index < -0.39 is 5.97 Å². The van der Waals surface area contributed by atoms with Crippen molar-refractivity contribution in [2.24, 2.45) is 5.10 Å². The number of nitrogens with zero attached hydrogens (tertiary/aromatic N) is 3. The summed E-state index contributed by atoms with van der Waals surface area (Å²) < 4.78 is 7.91. The summed E-state index contributed by atoms with van der Waals surface area (Å²) >= 11 is 9.84. The summed E-state index contributed by atoms with van der Waals surface area (Å²) in [7, 11) is 0. The lowest BCUT2D eigenvalue weighted by Crippen LogP contribution is -2.23. The minimum absolute atomic E-state index is 0.0295. The van der Waals surface area contributed by atoms with Crippen LogP contribution < -0.4 is 10.3 Å². The first-order valence-corrected chi connectivity index (χ1v) is 12.4. The number of hydrogen-bond acceptors (Lipinski definition) is 5. The number of aromatic carboxylic acids is 1. The highest BCUT2D eigenvalue weighted by molar-refractivity contribution is 9.10. The molecule has 1 atom stereocenters. The second kappa shape index (κ2) is 11.1. The third-order valence-corrected chi connectivity index (χ3v) is 6.52. The molecule has 0 unspecified atom stereocenters. The van der Waals surface area contributed by atoms with Crippen molar-refractivity contribution in [2.75, 3.05) is 0 Å². The van der Waals surface area contributed by atoms with E-state index in [2.05, 4.69) is 21.0 Å². The standard InChI is InChI=1S/C27H23BrClN3O4/c1-3-16(2)25-31-23-9-8-20(28)13-21(23)26(33)32(25)30-14-17-7-10-24(22(29)12-17)36-15-18-5-4-6-19(11-18)27(34)35/h4-14,16H,3,15H2,1-2H3,(H,34,35)/t16-/m0/s1. The molecule has 0 spiro atoms. The van der Waals surface area contributed by atoms with Crippen LogP contribution >= 0.6 is 27.5 Å². The van der Waals surface area contributed by atoms with Crippen molar-refractivity contribution in [3.63, 3.8) is 0 Å². The molecule has 1 aromatic heterocycles. The van der Waals surface area contributed by atoms with Gasteiger partial charge in [0.15, 0.2) is 0 Å². The third-order valence-electron chi connectivity index (χ3n) is 5.73. The lowest BCUT2D eigenvalue weighted by atomic mass is 10.1. The number of carboxylic acid groups (broad SMARTS) is 1. The van der Waals surface area contributed by atoms with E-state index in [1.54, 1.807) is 48.7 Å². The van der Waals surface area contributed by atoms with Crippen LogP contribution in [0.4, 0.5) is 0 Å². The van der Waals surface area contributed by atoms with Gasteiger partial charge >= 0.3 is 5.97 Å². The molecule has 0 amide bonds. The number of carboxylic acids is 1. The first kappa shape index (κ1) is 25.6. The van der Waals surface area contributed by atoms with E-state index in [4.69, 9.17) is 26.4 Å². The van der Waals surface area contributed by atoms with Crippen molar-refractivity contribution in [3.8, 4) is 5.75 Å². The highest BCUT2D eigenvalue weighted by Crippen LogP contribution is 2.26. The van der Waals surface area contributed by atoms with E-state index in [0.29, 0.717) is 38.6 Å². The highest BCUT2D eigenvalue weighted by Gasteiger charge is 2.15. The van der Waals surface area contributed by atoms with Gasteiger partial charge in [0.05, 0.1) is 27.7 Å². The molecule has 7 nitrogen and oxygen atoms in total. The van der Waals surface area contributed by atoms with Gasteiger partial charge in [-0.25, -0.2) is 9.78 Å². The minimum atomic E-state index is -0.997. The number of hydrogen-bond donors (Lipinski definition) is 1. The summed E-state index contributed by atoms with van der Waals surface area (Å²) in [6.07, 6.45) is 2.36. The molecule has 0 saturated carbocycles. The Bertz CT molecular complexity index is 1530. The summed E-state index contributed by atoms with van der Waals surface area (Å²) in [5.41, 5.74) is 1.96. The summed E-state index contributed by atoms with van der Waals surface area (Å²) in [5.74, 6) is 0.0673. The second-order valence-corrected chi connectivity index (χ2v) is 9.61. The van der Waals surface area contributed by atoms with E-state index in [-0.39, 0.29) is 23.6 Å². The largest absolute Gasteiger partial charge is 0.487 e. The number of aromatic nitrogens is 2. The molecule has 9 heteroatoms. The summed E-state index contributed by atoms with van der Waals surface area (Å²) in [6, 6.07) is 17.1. The SMILES string of the molecule is CC[C@H](C)c1nc2ccc(Br)cc2c(=O)n1N=Cc1ccc(OCc2cccc(C(=O)O)c2)c(Cl)c1. The van der Waals surface area contributed by atoms with Crippen molar-refractivity contribution in [1.29, 1.82) is 0 Å². The Morgan fingerprint density at radius 1 is 1.22 bits per heavy atom. The molecule has 0 bridgehead atoms. The van der Waals surface area contributed by atoms with Crippen molar-refractivity contribution < 1.29 is 14.6 Å². The van der Waals surface area contributed by atoms with Crippen LogP contribution in [0.5, 0.6) is 5.75 Å². The van der Waals surface area contributed by atoms with Gasteiger partial charge in [0.25, 0.3) is 5.56 Å². The van der Waals surface area contributed by atoms with Crippen LogP contribution in [-0.4, -0.2) is 27.0 Å². The van der Waals surface area contributed by atoms with E-state index in [0.717, 1.165) is 10.9 Å². The van der Waals surface area contributed by atoms with Crippen molar-refractivity contribution in [1.82, 2.24) is 9.66 Å². The molecule has 0 fully saturated rings. The Hall–Kier alpha value is -3.49. The van der Waals surface area contributed by atoms with Gasteiger partial charge in [-0.1, -0.05) is 53.5 Å². The Balaban J connectivity index is 1.60. The van der Waals surface area contributed by atoms with E-state index in [1.165, 1.54) is 10.7 Å². The van der Waals surface area contributed by atoms with Crippen LogP contribution in [0.2, 0.25) is 5.02 Å². The van der Waals surface area contributed by atoms with Crippen LogP contribution in [0.15, 0.2) is 75.0 Å². The number of fused-ring (bicyclic) bond motifs is 1. The molecule has 1 N–H and O–H groups in total. The molecular formula is C27H23BrClN3O4. The van der Waals surface area contributed by atoms with Gasteiger partial charge in [-0.05, 0) is 66.1 Å². The van der Waals surface area contributed by atoms with Crippen LogP contribution in [0.3, 0.4) is 0 Å². The smallest absolute Gasteiger partial charge is 0.335 e. The lowest BCUT2D eigenvalue weighted by molar-refractivity contribution is 0.0696. The topological polar surface area (TPSA) is 93.8 Å². The number of ether oxygens (including phenoxy) is 1. The zero-order valence-corrected chi connectivity index (χ0v) is 22.0. The summed E-state index contributed by atoms with van der Waals surface area (Å²) in [5, 5.41) is 14.4. The maximum atomic E-state index is 13.3. The molecule has 0 saturated heterocycles. The molecule has 0 radical (unpaired) electrons. The van der Waals surface area contributed by atoms with Crippen molar-refractivity contribution >= 4 is 50.6 Å². The molecule has 0 aliphatic carbocycles. The summed E-state index contributed by atoms with van der Waals surface area (Å²) in [4.78, 5) is 29.1. The third kappa shape index (κ3) is 5.66. The van der Waals surface area contributed by atoms with E-state index in [1.807, 2.05) is 26.0 Å². The average Bonchev–Trinajstić information content (AvgIpc) is 2.87. The minimum Gasteiger partial charge on any atom is -0.487 e. The van der Waals surface area contributed by atoms with Crippen molar-refractivity contribution in [2.45, 2.75) is 32.8 Å². The first-order chi connectivity index (χ1) is 17.3. The van der Waals surface area contributed by atoms with Gasteiger partial charge in [-0.2, -0.15) is 9.78 Å². The zero-order valence-electron chi connectivity index (χ0n) is 19.6. The molecular weight excluding hydrogens is 546 g/mol. The fourth-order valence-corrected chi connectivity index (χ4v) is 4.18. The fourth-order valence-electron chi connectivity index (χ4n) is 3.57. The van der Waals surface area contributed by atoms with E-state index in [9.17, 15) is 9.59 Å². The van der Waals surface area contributed by atoms with Gasteiger partial charge in [0, 0.05) is 10.4 Å². The van der Waals surface area contributed by atoms with E-state index >= 15 is 0 Å². The normalized spacial score (nSPS) is 12.2. The number of carbonyl (C=O) groups is 1. The molecule has 3 aromatic carbocycles. The molecule has 0 aliphatic heterocycles. The maximum absolute atomic E-state index is 13.3. The Morgan fingerprint density at radius 2 is 2.03 bits per heavy atom. The van der Waals surface area contributed by atoms with Crippen molar-refractivity contribution in [3.05, 3.63) is 103 Å². The number of halogens is 2. The lowest BCUT2D eigenvalue weighted by Gasteiger charge is -2.14. The fraction of sp³-hybridized carbons (Fsp3) is 0.185. The maximum Gasteiger partial charge on any atom is 0.335 e. The van der Waals surface area contributed by atoms with Gasteiger partial charge < -0.3 is 9.84 Å². The Labute approximate surface area is 221 Å². The quantitative estimate of drug-likeness (QED) is 0.245. The molecule has 4 rings (SSSR count). The summed E-state index contributed by atoms with van der Waals surface area (Å²) in [6.45, 7) is 4.21. The monoisotopic (exact) mass is 567 g/mol. The molecule has 184 valence electrons. The van der Waals surface area contributed by atoms with Gasteiger partial charge in [-0.3, -0.25) is 4.79 Å². The Kier molecular flexibility index (Phi) is 7.86. The number of rotatable bonds is 8. The van der Waals surface area contributed by atoms with Crippen LogP contribution in [0.1, 0.15) is 53.5 Å². The predicted molar refractivity (Wildman–Crippen MR) is 145 cm³/mol. The highest BCUT2D eigenvalue weighted by atomic mass is 79.9. The van der Waals surface area contributed by atoms with Gasteiger partial charge in [0.2, 0.25) is 0 Å². The van der Waals surface area contributed by atoms with Crippen LogP contribution in [0.25, 0.3) is 10.9 Å². The average molecular weight is 569 g/mol. The molecule has 4 aromatic rings. The second-order valence-electron chi connectivity index (χ2n) is 8.29. The van der Waals surface area contributed by atoms with Crippen LogP contribution in [0, 0.1) is 0 Å². The van der Waals surface area contributed by atoms with Gasteiger partial charge in [0.1, 0.15) is 18.2 Å². The molecule has 0 aliphatic rings. The zero-order chi connectivity index (χ0) is 25.8. The van der Waals surface area contributed by atoms with Gasteiger partial charge in [-0.15, -0.1) is 0 Å². The number of benzene rings is 3. The van der Waals surface area contributed by atoms with Crippen LogP contribution in [-0.2, 0) is 6.61 Å².